The highest BCUT2D eigenvalue weighted by molar-refractivity contribution is 5.73. The van der Waals surface area contributed by atoms with Crippen LogP contribution in [0.4, 0.5) is 0 Å². The van der Waals surface area contributed by atoms with Crippen molar-refractivity contribution in [1.29, 1.82) is 5.26 Å². The van der Waals surface area contributed by atoms with Crippen molar-refractivity contribution in [2.24, 2.45) is 0 Å². The van der Waals surface area contributed by atoms with E-state index in [4.69, 9.17) is 5.26 Å². The molecule has 0 unspecified atom stereocenters. The molecule has 0 heterocycles. The topological polar surface area (TPSA) is 52.9 Å². The zero-order valence-corrected chi connectivity index (χ0v) is 7.27. The minimum absolute atomic E-state index is 0.0482. The van der Waals surface area contributed by atoms with Crippen molar-refractivity contribution in [3.05, 3.63) is 0 Å². The highest BCUT2D eigenvalue weighted by Crippen LogP contribution is 2.09. The fourth-order valence-corrected chi connectivity index (χ4v) is 0.907. The molecule has 1 N–H and O–H groups in total. The van der Waals surface area contributed by atoms with Gasteiger partial charge in [-0.2, -0.15) is 5.26 Å². The number of carbonyl (C=O) groups is 1. The van der Waals surface area contributed by atoms with Gasteiger partial charge in [0.25, 0.3) is 0 Å². The number of hydrogen-bond acceptors (Lipinski definition) is 2. The van der Waals surface area contributed by atoms with Crippen LogP contribution < -0.4 is 5.32 Å². The van der Waals surface area contributed by atoms with E-state index in [1.54, 1.807) is 0 Å². The van der Waals surface area contributed by atoms with Gasteiger partial charge in [0.1, 0.15) is 0 Å². The molecular weight excluding hydrogens is 140 g/mol. The Kier molecular flexibility index (Phi) is 3.59. The van der Waals surface area contributed by atoms with Gasteiger partial charge in [0.2, 0.25) is 5.91 Å². The molecule has 0 atom stereocenters. The minimum Gasteiger partial charge on any atom is -0.351 e. The minimum atomic E-state index is -0.248. The normalized spacial score (nSPS) is 10.4. The molecule has 3 heteroatoms. The van der Waals surface area contributed by atoms with Crippen molar-refractivity contribution >= 4 is 5.91 Å². The lowest BCUT2D eigenvalue weighted by Crippen LogP contribution is -2.41. The first kappa shape index (κ1) is 9.96. The van der Waals surface area contributed by atoms with Crippen LogP contribution >= 0.6 is 0 Å². The molecule has 0 fully saturated rings. The Morgan fingerprint density at radius 1 is 1.64 bits per heavy atom. The third-order valence-electron chi connectivity index (χ3n) is 1.38. The number of nitrogens with one attached hydrogen (secondary N) is 1. The summed E-state index contributed by atoms with van der Waals surface area (Å²) in [4.78, 5) is 10.6. The summed E-state index contributed by atoms with van der Waals surface area (Å²) in [5.74, 6) is -0.0482. The van der Waals surface area contributed by atoms with Gasteiger partial charge in [-0.15, -0.1) is 0 Å². The summed E-state index contributed by atoms with van der Waals surface area (Å²) in [5.41, 5.74) is -0.248. The second kappa shape index (κ2) is 3.97. The maximum Gasteiger partial charge on any atom is 0.217 e. The van der Waals surface area contributed by atoms with Gasteiger partial charge in [-0.25, -0.2) is 0 Å². The molecule has 0 bridgehead atoms. The summed E-state index contributed by atoms with van der Waals surface area (Å²) < 4.78 is 0. The molecule has 0 aromatic rings. The van der Waals surface area contributed by atoms with E-state index in [1.165, 1.54) is 6.92 Å². The van der Waals surface area contributed by atoms with Gasteiger partial charge in [-0.1, -0.05) is 0 Å². The van der Waals surface area contributed by atoms with E-state index in [2.05, 4.69) is 5.32 Å². The number of amides is 1. The average Bonchev–Trinajstić information content (AvgIpc) is 1.81. The average molecular weight is 154 g/mol. The fourth-order valence-electron chi connectivity index (χ4n) is 0.907. The first-order chi connectivity index (χ1) is 4.98. The van der Waals surface area contributed by atoms with Crippen LogP contribution in [0, 0.1) is 11.3 Å². The Hall–Kier alpha value is -1.04. The maximum atomic E-state index is 10.6. The van der Waals surface area contributed by atoms with Gasteiger partial charge in [0.05, 0.1) is 6.07 Å². The quantitative estimate of drug-likeness (QED) is 0.664. The Labute approximate surface area is 67.4 Å². The second-order valence-corrected chi connectivity index (χ2v) is 3.22. The number of hydrogen-bond donors (Lipinski definition) is 1. The molecule has 0 rings (SSSR count). The van der Waals surface area contributed by atoms with Crippen LogP contribution in [0.3, 0.4) is 0 Å². The number of nitrogens with zero attached hydrogens (tertiary/aromatic N) is 1. The lowest BCUT2D eigenvalue weighted by Gasteiger charge is -2.24. The summed E-state index contributed by atoms with van der Waals surface area (Å²) in [5, 5.41) is 11.1. The predicted octanol–water partition coefficient (Wildman–Crippen LogP) is 1.20. The number of carbonyl (C=O) groups excluding carboxylic acids is 1. The van der Waals surface area contributed by atoms with E-state index in [0.29, 0.717) is 12.8 Å². The zero-order chi connectivity index (χ0) is 8.91. The monoisotopic (exact) mass is 154 g/mol. The molecule has 0 aliphatic rings. The SMILES string of the molecule is CC(=O)NC(C)(C)CCC#N. The summed E-state index contributed by atoms with van der Waals surface area (Å²) >= 11 is 0. The van der Waals surface area contributed by atoms with E-state index >= 15 is 0 Å². The van der Waals surface area contributed by atoms with Crippen LogP contribution in [0.1, 0.15) is 33.6 Å². The van der Waals surface area contributed by atoms with Crippen molar-refractivity contribution in [2.45, 2.75) is 39.2 Å². The highest BCUT2D eigenvalue weighted by atomic mass is 16.1. The third kappa shape index (κ3) is 5.41. The van der Waals surface area contributed by atoms with Crippen LogP contribution in [0.2, 0.25) is 0 Å². The molecule has 0 radical (unpaired) electrons. The van der Waals surface area contributed by atoms with E-state index in [1.807, 2.05) is 19.9 Å². The van der Waals surface area contributed by atoms with E-state index < -0.39 is 0 Å². The third-order valence-corrected chi connectivity index (χ3v) is 1.38. The van der Waals surface area contributed by atoms with E-state index in [0.717, 1.165) is 0 Å². The van der Waals surface area contributed by atoms with Gasteiger partial charge in [0.15, 0.2) is 0 Å². The van der Waals surface area contributed by atoms with Crippen molar-refractivity contribution in [3.63, 3.8) is 0 Å². The van der Waals surface area contributed by atoms with Crippen LogP contribution in [-0.2, 0) is 4.79 Å². The van der Waals surface area contributed by atoms with Gasteiger partial charge in [-0.3, -0.25) is 4.79 Å². The van der Waals surface area contributed by atoms with Crippen molar-refractivity contribution in [1.82, 2.24) is 5.32 Å². The zero-order valence-electron chi connectivity index (χ0n) is 7.27. The summed E-state index contributed by atoms with van der Waals surface area (Å²) in [7, 11) is 0. The highest BCUT2D eigenvalue weighted by Gasteiger charge is 2.17. The molecule has 0 aliphatic carbocycles. The van der Waals surface area contributed by atoms with Crippen molar-refractivity contribution in [3.8, 4) is 6.07 Å². The molecular formula is C8H14N2O. The molecule has 11 heavy (non-hydrogen) atoms. The summed E-state index contributed by atoms with van der Waals surface area (Å²) in [6.07, 6.45) is 1.18. The molecule has 62 valence electrons. The first-order valence-electron chi connectivity index (χ1n) is 3.63. The van der Waals surface area contributed by atoms with E-state index in [9.17, 15) is 4.79 Å². The first-order valence-corrected chi connectivity index (χ1v) is 3.63. The van der Waals surface area contributed by atoms with Crippen LogP contribution in [0.15, 0.2) is 0 Å². The predicted molar refractivity (Wildman–Crippen MR) is 42.7 cm³/mol. The fraction of sp³-hybridized carbons (Fsp3) is 0.750. The molecule has 0 aromatic heterocycles. The number of nitriles is 1. The molecule has 0 aliphatic heterocycles. The van der Waals surface area contributed by atoms with E-state index in [-0.39, 0.29) is 11.4 Å². The second-order valence-electron chi connectivity index (χ2n) is 3.22. The standard InChI is InChI=1S/C8H14N2O/c1-7(11)10-8(2,3)5-4-6-9/h4-5H2,1-3H3,(H,10,11). The van der Waals surface area contributed by atoms with Crippen LogP contribution in [-0.4, -0.2) is 11.4 Å². The molecule has 0 saturated carbocycles. The molecule has 0 spiro atoms. The van der Waals surface area contributed by atoms with Crippen LogP contribution in [0.5, 0.6) is 0 Å². The smallest absolute Gasteiger partial charge is 0.217 e. The Morgan fingerprint density at radius 3 is 2.55 bits per heavy atom. The Bertz CT molecular complexity index is 179. The van der Waals surface area contributed by atoms with Gasteiger partial charge < -0.3 is 5.32 Å². The van der Waals surface area contributed by atoms with Gasteiger partial charge >= 0.3 is 0 Å². The van der Waals surface area contributed by atoms with Crippen LogP contribution in [0.25, 0.3) is 0 Å². The van der Waals surface area contributed by atoms with Crippen molar-refractivity contribution in [2.75, 3.05) is 0 Å². The van der Waals surface area contributed by atoms with Gasteiger partial charge in [0, 0.05) is 18.9 Å². The summed E-state index contributed by atoms with van der Waals surface area (Å²) in [6, 6.07) is 2.05. The number of rotatable bonds is 3. The molecule has 0 saturated heterocycles. The molecule has 0 aromatic carbocycles. The maximum absolute atomic E-state index is 10.6. The summed E-state index contributed by atoms with van der Waals surface area (Å²) in [6.45, 7) is 5.30. The Balaban J connectivity index is 3.81. The lowest BCUT2D eigenvalue weighted by atomic mass is 9.99. The van der Waals surface area contributed by atoms with Gasteiger partial charge in [-0.05, 0) is 20.3 Å². The lowest BCUT2D eigenvalue weighted by molar-refractivity contribution is -0.120. The largest absolute Gasteiger partial charge is 0.351 e. The Morgan fingerprint density at radius 2 is 2.18 bits per heavy atom. The molecule has 3 nitrogen and oxygen atoms in total. The van der Waals surface area contributed by atoms with Crippen molar-refractivity contribution < 1.29 is 4.79 Å². The molecule has 1 amide bonds.